The molecule has 108 valence electrons. The number of rotatable bonds is 6. The molecule has 4 heteroatoms. The number of aryl methyl sites for hydroxylation is 1. The largest absolute Gasteiger partial charge is 0.351 e. The van der Waals surface area contributed by atoms with Crippen molar-refractivity contribution in [3.63, 3.8) is 0 Å². The predicted octanol–water partition coefficient (Wildman–Crippen LogP) is 2.66. The van der Waals surface area contributed by atoms with Crippen molar-refractivity contribution in [2.24, 2.45) is 11.7 Å². The summed E-state index contributed by atoms with van der Waals surface area (Å²) in [7, 11) is 0. The number of halogens is 1. The van der Waals surface area contributed by atoms with Crippen molar-refractivity contribution in [1.29, 1.82) is 0 Å². The zero-order valence-electron chi connectivity index (χ0n) is 12.0. The molecule has 0 unspecified atom stereocenters. The summed E-state index contributed by atoms with van der Waals surface area (Å²) in [4.78, 5) is 11.8. The van der Waals surface area contributed by atoms with E-state index in [1.165, 1.54) is 11.1 Å². The van der Waals surface area contributed by atoms with Gasteiger partial charge in [-0.15, -0.1) is 12.4 Å². The highest BCUT2D eigenvalue weighted by Crippen LogP contribution is 2.09. The average molecular weight is 285 g/mol. The maximum atomic E-state index is 11.8. The Kier molecular flexibility index (Phi) is 8.44. The Morgan fingerprint density at radius 3 is 2.37 bits per heavy atom. The summed E-state index contributed by atoms with van der Waals surface area (Å²) in [5.74, 6) is 0.378. The Balaban J connectivity index is 0.00000324. The molecular formula is C15H25ClN2O. The second kappa shape index (κ2) is 8.94. The average Bonchev–Trinajstić information content (AvgIpc) is 2.35. The molecule has 19 heavy (non-hydrogen) atoms. The van der Waals surface area contributed by atoms with Crippen molar-refractivity contribution in [3.8, 4) is 0 Å². The van der Waals surface area contributed by atoms with E-state index in [2.05, 4.69) is 32.2 Å². The van der Waals surface area contributed by atoms with Gasteiger partial charge in [0.25, 0.3) is 0 Å². The van der Waals surface area contributed by atoms with Crippen LogP contribution in [0, 0.1) is 5.92 Å². The fourth-order valence-electron chi connectivity index (χ4n) is 2.00. The summed E-state index contributed by atoms with van der Waals surface area (Å²) in [6.07, 6.45) is 1.70. The Bertz CT molecular complexity index is 393. The minimum atomic E-state index is -0.404. The number of nitrogens with two attached hydrogens (primary N) is 1. The summed E-state index contributed by atoms with van der Waals surface area (Å²) < 4.78 is 0. The first kappa shape index (κ1) is 17.9. The van der Waals surface area contributed by atoms with Crippen LogP contribution in [-0.4, -0.2) is 11.9 Å². The van der Waals surface area contributed by atoms with E-state index in [1.807, 2.05) is 18.2 Å². The first-order valence-corrected chi connectivity index (χ1v) is 6.64. The van der Waals surface area contributed by atoms with E-state index in [9.17, 15) is 4.79 Å². The summed E-state index contributed by atoms with van der Waals surface area (Å²) >= 11 is 0. The van der Waals surface area contributed by atoms with Crippen molar-refractivity contribution in [1.82, 2.24) is 5.32 Å². The third-order valence-corrected chi connectivity index (χ3v) is 3.01. The highest BCUT2D eigenvalue weighted by atomic mass is 35.5. The van der Waals surface area contributed by atoms with Crippen molar-refractivity contribution in [2.45, 2.75) is 46.2 Å². The molecule has 0 radical (unpaired) electrons. The molecule has 0 bridgehead atoms. The lowest BCUT2D eigenvalue weighted by molar-refractivity contribution is -0.122. The molecule has 0 saturated heterocycles. The maximum absolute atomic E-state index is 11.8. The highest BCUT2D eigenvalue weighted by molar-refractivity contribution is 5.85. The topological polar surface area (TPSA) is 55.1 Å². The van der Waals surface area contributed by atoms with E-state index in [0.29, 0.717) is 12.5 Å². The number of amides is 1. The third kappa shape index (κ3) is 6.08. The predicted molar refractivity (Wildman–Crippen MR) is 82.3 cm³/mol. The molecule has 1 atom stereocenters. The van der Waals surface area contributed by atoms with Gasteiger partial charge >= 0.3 is 0 Å². The van der Waals surface area contributed by atoms with Crippen molar-refractivity contribution in [2.75, 3.05) is 0 Å². The van der Waals surface area contributed by atoms with Gasteiger partial charge in [0, 0.05) is 6.54 Å². The number of benzene rings is 1. The van der Waals surface area contributed by atoms with Crippen LogP contribution in [0.4, 0.5) is 0 Å². The molecule has 0 saturated carbocycles. The second-order valence-corrected chi connectivity index (χ2v) is 5.08. The minimum absolute atomic E-state index is 0. The fraction of sp³-hybridized carbons (Fsp3) is 0.533. The van der Waals surface area contributed by atoms with Crippen LogP contribution in [0.1, 0.15) is 38.3 Å². The first-order chi connectivity index (χ1) is 8.54. The highest BCUT2D eigenvalue weighted by Gasteiger charge is 2.14. The molecule has 0 spiro atoms. The number of carbonyl (C=O) groups is 1. The number of hydrogen-bond acceptors (Lipinski definition) is 2. The van der Waals surface area contributed by atoms with Crippen molar-refractivity contribution in [3.05, 3.63) is 35.4 Å². The number of nitrogens with one attached hydrogen (secondary N) is 1. The molecule has 3 nitrogen and oxygen atoms in total. The standard InChI is InChI=1S/C15H24N2O.ClH/c1-4-12-7-5-6-8-13(12)10-17-15(18)14(16)9-11(2)3;/h5-8,11,14H,4,9-10,16H2,1-3H3,(H,17,18);1H/t14-;/m0./s1. The van der Waals surface area contributed by atoms with Crippen molar-refractivity contribution < 1.29 is 4.79 Å². The van der Waals surface area contributed by atoms with Gasteiger partial charge in [-0.3, -0.25) is 4.79 Å². The van der Waals surface area contributed by atoms with E-state index < -0.39 is 6.04 Å². The molecule has 3 N–H and O–H groups in total. The van der Waals surface area contributed by atoms with Crippen LogP contribution < -0.4 is 11.1 Å². The lowest BCUT2D eigenvalue weighted by atomic mass is 10.0. The van der Waals surface area contributed by atoms with Gasteiger partial charge in [-0.2, -0.15) is 0 Å². The molecule has 1 rings (SSSR count). The zero-order chi connectivity index (χ0) is 13.5. The van der Waals surface area contributed by atoms with Gasteiger partial charge in [0.05, 0.1) is 6.04 Å². The smallest absolute Gasteiger partial charge is 0.237 e. The van der Waals surface area contributed by atoms with Gasteiger partial charge in [-0.25, -0.2) is 0 Å². The maximum Gasteiger partial charge on any atom is 0.237 e. The fourth-order valence-corrected chi connectivity index (χ4v) is 2.00. The van der Waals surface area contributed by atoms with E-state index >= 15 is 0 Å². The quantitative estimate of drug-likeness (QED) is 0.844. The van der Waals surface area contributed by atoms with Crippen LogP contribution in [0.2, 0.25) is 0 Å². The Labute approximate surface area is 122 Å². The molecule has 0 aliphatic carbocycles. The van der Waals surface area contributed by atoms with Crippen LogP contribution in [0.3, 0.4) is 0 Å². The SMILES string of the molecule is CCc1ccccc1CNC(=O)[C@@H](N)CC(C)C.Cl. The molecule has 1 aromatic rings. The first-order valence-electron chi connectivity index (χ1n) is 6.64. The summed E-state index contributed by atoms with van der Waals surface area (Å²) in [5, 5.41) is 2.91. The molecule has 0 fully saturated rings. The van der Waals surface area contributed by atoms with Crippen LogP contribution in [-0.2, 0) is 17.8 Å². The summed E-state index contributed by atoms with van der Waals surface area (Å²) in [6.45, 7) is 6.82. The monoisotopic (exact) mass is 284 g/mol. The van der Waals surface area contributed by atoms with Gasteiger partial charge in [-0.05, 0) is 29.9 Å². The van der Waals surface area contributed by atoms with Crippen molar-refractivity contribution >= 4 is 18.3 Å². The molecular weight excluding hydrogens is 260 g/mol. The lowest BCUT2D eigenvalue weighted by Gasteiger charge is -2.15. The Hall–Kier alpha value is -1.06. The zero-order valence-corrected chi connectivity index (χ0v) is 12.8. The number of carbonyl (C=O) groups excluding carboxylic acids is 1. The van der Waals surface area contributed by atoms with E-state index in [1.54, 1.807) is 0 Å². The molecule has 0 heterocycles. The second-order valence-electron chi connectivity index (χ2n) is 5.08. The molecule has 0 aliphatic rings. The minimum Gasteiger partial charge on any atom is -0.351 e. The summed E-state index contributed by atoms with van der Waals surface area (Å²) in [5.41, 5.74) is 8.29. The summed E-state index contributed by atoms with van der Waals surface area (Å²) in [6, 6.07) is 7.75. The van der Waals surface area contributed by atoms with Gasteiger partial charge in [0.1, 0.15) is 0 Å². The Morgan fingerprint density at radius 1 is 1.26 bits per heavy atom. The van der Waals surface area contributed by atoms with E-state index in [4.69, 9.17) is 5.73 Å². The van der Waals surface area contributed by atoms with Gasteiger partial charge < -0.3 is 11.1 Å². The number of hydrogen-bond donors (Lipinski definition) is 2. The van der Waals surface area contributed by atoms with Crippen LogP contribution >= 0.6 is 12.4 Å². The lowest BCUT2D eigenvalue weighted by Crippen LogP contribution is -2.41. The molecule has 0 aromatic heterocycles. The van der Waals surface area contributed by atoms with Gasteiger partial charge in [0.15, 0.2) is 0 Å². The normalized spacial score (nSPS) is 11.8. The van der Waals surface area contributed by atoms with Gasteiger partial charge in [-0.1, -0.05) is 45.0 Å². The third-order valence-electron chi connectivity index (χ3n) is 3.01. The Morgan fingerprint density at radius 2 is 1.84 bits per heavy atom. The molecule has 1 amide bonds. The molecule has 0 aliphatic heterocycles. The van der Waals surface area contributed by atoms with E-state index in [-0.39, 0.29) is 18.3 Å². The van der Waals surface area contributed by atoms with Crippen LogP contribution in [0.25, 0.3) is 0 Å². The molecule has 1 aromatic carbocycles. The van der Waals surface area contributed by atoms with Crippen LogP contribution in [0.15, 0.2) is 24.3 Å². The van der Waals surface area contributed by atoms with E-state index in [0.717, 1.165) is 12.8 Å². The van der Waals surface area contributed by atoms with Gasteiger partial charge in [0.2, 0.25) is 5.91 Å². The van der Waals surface area contributed by atoms with Crippen LogP contribution in [0.5, 0.6) is 0 Å².